The fraction of sp³-hybridized carbons (Fsp3) is 0.250. The first-order chi connectivity index (χ1) is 15.5. The second-order valence-electron chi connectivity index (χ2n) is 9.04. The van der Waals surface area contributed by atoms with Gasteiger partial charge in [0.25, 0.3) is 0 Å². The summed E-state index contributed by atoms with van der Waals surface area (Å²) in [6.45, 7) is 4.36. The molecule has 162 valence electrons. The molecule has 3 nitrogen and oxygen atoms in total. The largest absolute Gasteiger partial charge is 0.372 e. The number of allylic oxidation sites excluding steroid dienone is 1. The lowest BCUT2D eigenvalue weighted by molar-refractivity contribution is -0.116. The minimum atomic E-state index is -0.258. The molecule has 0 saturated heterocycles. The Bertz CT molecular complexity index is 1180. The molecule has 0 saturated carbocycles. The van der Waals surface area contributed by atoms with Crippen LogP contribution in [0, 0.1) is 5.82 Å². The van der Waals surface area contributed by atoms with Gasteiger partial charge in [0.15, 0.2) is 5.78 Å². The van der Waals surface area contributed by atoms with E-state index in [4.69, 9.17) is 0 Å². The predicted molar refractivity (Wildman–Crippen MR) is 127 cm³/mol. The van der Waals surface area contributed by atoms with Crippen LogP contribution in [0.3, 0.4) is 0 Å². The van der Waals surface area contributed by atoms with Crippen molar-refractivity contribution >= 4 is 17.2 Å². The fourth-order valence-electron chi connectivity index (χ4n) is 4.79. The molecule has 1 aliphatic carbocycles. The van der Waals surface area contributed by atoms with Crippen molar-refractivity contribution in [3.05, 3.63) is 107 Å². The smallest absolute Gasteiger partial charge is 0.163 e. The quantitative estimate of drug-likeness (QED) is 0.477. The highest BCUT2D eigenvalue weighted by atomic mass is 19.1. The predicted octanol–water partition coefficient (Wildman–Crippen LogP) is 6.93. The summed E-state index contributed by atoms with van der Waals surface area (Å²) in [4.78, 5) is 13.5. The number of anilines is 2. The van der Waals surface area contributed by atoms with Crippen molar-refractivity contribution in [2.75, 3.05) is 10.6 Å². The van der Waals surface area contributed by atoms with Crippen LogP contribution in [0.2, 0.25) is 0 Å². The number of benzene rings is 3. The van der Waals surface area contributed by atoms with E-state index in [1.54, 1.807) is 12.1 Å². The van der Waals surface area contributed by atoms with Crippen molar-refractivity contribution in [3.63, 3.8) is 0 Å². The summed E-state index contributed by atoms with van der Waals surface area (Å²) in [6, 6.07) is 22.9. The van der Waals surface area contributed by atoms with Gasteiger partial charge in [-0.25, -0.2) is 4.39 Å². The molecule has 2 unspecified atom stereocenters. The van der Waals surface area contributed by atoms with E-state index >= 15 is 0 Å². The number of hydrogen-bond donors (Lipinski definition) is 2. The van der Waals surface area contributed by atoms with Crippen LogP contribution >= 0.6 is 0 Å². The Kier molecular flexibility index (Phi) is 5.30. The molecule has 0 aromatic heterocycles. The lowest BCUT2D eigenvalue weighted by Crippen LogP contribution is -2.26. The van der Waals surface area contributed by atoms with E-state index in [9.17, 15) is 9.18 Å². The van der Waals surface area contributed by atoms with Gasteiger partial charge in [-0.05, 0) is 59.2 Å². The van der Waals surface area contributed by atoms with Crippen LogP contribution in [-0.4, -0.2) is 5.78 Å². The maximum Gasteiger partial charge on any atom is 0.163 e. The minimum Gasteiger partial charge on any atom is -0.372 e. The van der Waals surface area contributed by atoms with E-state index in [2.05, 4.69) is 48.7 Å². The van der Waals surface area contributed by atoms with Gasteiger partial charge in [0.1, 0.15) is 5.82 Å². The number of halogens is 1. The van der Waals surface area contributed by atoms with Crippen molar-refractivity contribution in [1.82, 2.24) is 0 Å². The molecule has 0 radical (unpaired) electrons. The van der Waals surface area contributed by atoms with Crippen molar-refractivity contribution in [3.8, 4) is 0 Å². The molecule has 5 rings (SSSR count). The lowest BCUT2D eigenvalue weighted by Gasteiger charge is -2.30. The van der Waals surface area contributed by atoms with Crippen LogP contribution in [0.25, 0.3) is 0 Å². The van der Waals surface area contributed by atoms with Gasteiger partial charge in [-0.15, -0.1) is 0 Å². The summed E-state index contributed by atoms with van der Waals surface area (Å²) < 4.78 is 13.4. The van der Waals surface area contributed by atoms with Crippen LogP contribution in [0.4, 0.5) is 15.8 Å². The van der Waals surface area contributed by atoms with Gasteiger partial charge in [-0.1, -0.05) is 62.4 Å². The third-order valence-electron chi connectivity index (χ3n) is 6.59. The van der Waals surface area contributed by atoms with Gasteiger partial charge in [0.2, 0.25) is 0 Å². The van der Waals surface area contributed by atoms with E-state index in [1.807, 2.05) is 24.3 Å². The molecule has 3 aromatic carbocycles. The third-order valence-corrected chi connectivity index (χ3v) is 6.59. The average molecular weight is 427 g/mol. The summed E-state index contributed by atoms with van der Waals surface area (Å²) in [5, 5.41) is 7.18. The van der Waals surface area contributed by atoms with Gasteiger partial charge in [-0.2, -0.15) is 0 Å². The Morgan fingerprint density at radius 1 is 0.844 bits per heavy atom. The highest BCUT2D eigenvalue weighted by Crippen LogP contribution is 2.44. The van der Waals surface area contributed by atoms with Crippen LogP contribution in [-0.2, 0) is 4.79 Å². The molecule has 3 aromatic rings. The molecular formula is C28H27FN2O. The Labute approximate surface area is 188 Å². The summed E-state index contributed by atoms with van der Waals surface area (Å²) in [7, 11) is 0. The van der Waals surface area contributed by atoms with Crippen LogP contribution in [0.15, 0.2) is 84.1 Å². The van der Waals surface area contributed by atoms with Crippen LogP contribution < -0.4 is 10.6 Å². The summed E-state index contributed by atoms with van der Waals surface area (Å²) in [5.74, 6) is 0.359. The van der Waals surface area contributed by atoms with Gasteiger partial charge in [0, 0.05) is 17.7 Å². The third kappa shape index (κ3) is 3.81. The van der Waals surface area contributed by atoms with Crippen molar-refractivity contribution < 1.29 is 9.18 Å². The first kappa shape index (κ1) is 20.5. The summed E-state index contributed by atoms with van der Waals surface area (Å²) >= 11 is 0. The minimum absolute atomic E-state index is 0.0311. The zero-order valence-corrected chi connectivity index (χ0v) is 18.4. The highest BCUT2D eigenvalue weighted by Gasteiger charge is 2.36. The van der Waals surface area contributed by atoms with E-state index in [-0.39, 0.29) is 23.6 Å². The monoisotopic (exact) mass is 426 g/mol. The second-order valence-corrected chi connectivity index (χ2v) is 9.04. The summed E-state index contributed by atoms with van der Waals surface area (Å²) in [6.07, 6.45) is 1.13. The first-order valence-corrected chi connectivity index (χ1v) is 11.2. The van der Waals surface area contributed by atoms with Crippen LogP contribution in [0.1, 0.15) is 61.3 Å². The Morgan fingerprint density at radius 2 is 1.50 bits per heavy atom. The SMILES string of the molecule is CC(C)c1ccc(C2Nc3ccccc3NC3=C2C(=O)CC(c2ccc(F)cc2)C3)cc1. The Hall–Kier alpha value is -3.40. The highest BCUT2D eigenvalue weighted by molar-refractivity contribution is 6.01. The first-order valence-electron chi connectivity index (χ1n) is 11.2. The standard InChI is InChI=1S/C28H27FN2O/c1-17(2)18-7-9-20(10-8-18)28-27-25(30-23-5-3-4-6-24(23)31-28)15-21(16-26(27)32)19-11-13-22(29)14-12-19/h3-14,17,21,28,30-31H,15-16H2,1-2H3. The topological polar surface area (TPSA) is 41.1 Å². The van der Waals surface area contributed by atoms with E-state index in [0.717, 1.165) is 33.8 Å². The zero-order valence-electron chi connectivity index (χ0n) is 18.4. The zero-order chi connectivity index (χ0) is 22.2. The number of rotatable bonds is 3. The van der Waals surface area contributed by atoms with Gasteiger partial charge >= 0.3 is 0 Å². The summed E-state index contributed by atoms with van der Waals surface area (Å²) in [5.41, 5.74) is 7.05. The van der Waals surface area contributed by atoms with Crippen molar-refractivity contribution in [1.29, 1.82) is 0 Å². The number of fused-ring (bicyclic) bond motifs is 1. The Morgan fingerprint density at radius 3 is 2.19 bits per heavy atom. The van der Waals surface area contributed by atoms with Gasteiger partial charge < -0.3 is 10.6 Å². The number of ketones is 1. The number of Topliss-reactive ketones (excluding diaryl/α,β-unsaturated/α-hetero) is 1. The van der Waals surface area contributed by atoms with E-state index in [1.165, 1.54) is 17.7 Å². The molecule has 0 spiro atoms. The van der Waals surface area contributed by atoms with E-state index in [0.29, 0.717) is 18.8 Å². The molecule has 4 heteroatoms. The second kappa shape index (κ2) is 8.27. The van der Waals surface area contributed by atoms with E-state index < -0.39 is 0 Å². The number of carbonyl (C=O) groups excluding carboxylic acids is 1. The molecule has 0 amide bonds. The molecule has 1 heterocycles. The molecular weight excluding hydrogens is 399 g/mol. The maximum atomic E-state index is 13.5. The van der Waals surface area contributed by atoms with Gasteiger partial charge in [0.05, 0.1) is 17.4 Å². The molecule has 1 aliphatic heterocycles. The Balaban J connectivity index is 1.58. The molecule has 2 N–H and O–H groups in total. The number of carbonyl (C=O) groups is 1. The van der Waals surface area contributed by atoms with Crippen molar-refractivity contribution in [2.24, 2.45) is 0 Å². The molecule has 2 atom stereocenters. The normalized spacial score (nSPS) is 20.2. The number of nitrogens with one attached hydrogen (secondary N) is 2. The lowest BCUT2D eigenvalue weighted by atomic mass is 9.78. The maximum absolute atomic E-state index is 13.5. The van der Waals surface area contributed by atoms with Crippen molar-refractivity contribution in [2.45, 2.75) is 44.6 Å². The molecule has 0 bridgehead atoms. The average Bonchev–Trinajstić information content (AvgIpc) is 2.96. The number of para-hydroxylation sites is 2. The molecule has 0 fully saturated rings. The molecule has 32 heavy (non-hydrogen) atoms. The number of hydrogen-bond acceptors (Lipinski definition) is 3. The van der Waals surface area contributed by atoms with Gasteiger partial charge in [-0.3, -0.25) is 4.79 Å². The van der Waals surface area contributed by atoms with Crippen LogP contribution in [0.5, 0.6) is 0 Å². The fourth-order valence-corrected chi connectivity index (χ4v) is 4.79. The molecule has 2 aliphatic rings.